The van der Waals surface area contributed by atoms with Crippen molar-refractivity contribution in [2.24, 2.45) is 0 Å². The van der Waals surface area contributed by atoms with E-state index < -0.39 is 28.2 Å². The van der Waals surface area contributed by atoms with E-state index in [1.807, 2.05) is 0 Å². The number of nitrogen functional groups attached to an aromatic ring is 1. The van der Waals surface area contributed by atoms with Crippen LogP contribution < -0.4 is 10.5 Å². The Morgan fingerprint density at radius 2 is 1.72 bits per heavy atom. The fraction of sp³-hybridized carbons (Fsp3) is 0.158. The summed E-state index contributed by atoms with van der Waals surface area (Å²) in [5.41, 5.74) is 6.06. The van der Waals surface area contributed by atoms with Crippen LogP contribution >= 0.6 is 0 Å². The zero-order chi connectivity index (χ0) is 21.2. The van der Waals surface area contributed by atoms with Gasteiger partial charge in [0.05, 0.1) is 18.4 Å². The average molecular weight is 423 g/mol. The number of benzene rings is 1. The number of thiol groups is 1. The fourth-order valence-corrected chi connectivity index (χ4v) is 3.33. The van der Waals surface area contributed by atoms with Crippen molar-refractivity contribution in [3.05, 3.63) is 59.9 Å². The molecule has 0 aliphatic rings. The fourth-order valence-electron chi connectivity index (χ4n) is 2.84. The van der Waals surface area contributed by atoms with Crippen LogP contribution in [-0.2, 0) is 22.6 Å². The number of pyridine rings is 2. The van der Waals surface area contributed by atoms with Crippen molar-refractivity contribution in [1.29, 1.82) is 0 Å². The Kier molecular flexibility index (Phi) is 5.73. The number of aromatic nitrogens is 2. The maximum atomic E-state index is 13.6. The molecule has 2 N–H and O–H groups in total. The lowest BCUT2D eigenvalue weighted by Gasteiger charge is -2.15. The Hall–Kier alpha value is -3.14. The zero-order valence-corrected chi connectivity index (χ0v) is 16.0. The van der Waals surface area contributed by atoms with Gasteiger partial charge in [-0.2, -0.15) is 13.2 Å². The molecule has 2 heterocycles. The van der Waals surface area contributed by atoms with Gasteiger partial charge in [0, 0.05) is 35.2 Å². The molecule has 0 aliphatic heterocycles. The van der Waals surface area contributed by atoms with E-state index in [-0.39, 0.29) is 22.5 Å². The van der Waals surface area contributed by atoms with Gasteiger partial charge >= 0.3 is 6.18 Å². The summed E-state index contributed by atoms with van der Waals surface area (Å²) in [4.78, 5) is 8.09. The summed E-state index contributed by atoms with van der Waals surface area (Å²) in [6, 6.07) is 8.18. The topological polar surface area (TPSA) is 95.2 Å². The summed E-state index contributed by atoms with van der Waals surface area (Å²) >= 11 is 0. The minimum atomic E-state index is -4.68. The normalized spacial score (nSPS) is 11.6. The van der Waals surface area contributed by atoms with E-state index in [0.29, 0.717) is 17.0 Å². The lowest BCUT2D eigenvalue weighted by molar-refractivity contribution is -0.137. The van der Waals surface area contributed by atoms with Crippen LogP contribution in [0.3, 0.4) is 0 Å². The second-order valence-electron chi connectivity index (χ2n) is 6.11. The molecule has 6 nitrogen and oxygen atoms in total. The lowest BCUT2D eigenvalue weighted by atomic mass is 9.96. The van der Waals surface area contributed by atoms with Crippen molar-refractivity contribution in [3.63, 3.8) is 0 Å². The number of methoxy groups -OCH3 is 1. The van der Waals surface area contributed by atoms with E-state index in [2.05, 4.69) is 9.97 Å². The quantitative estimate of drug-likeness (QED) is 0.610. The Morgan fingerprint density at radius 1 is 1.00 bits per heavy atom. The molecule has 0 spiro atoms. The van der Waals surface area contributed by atoms with Gasteiger partial charge in [0.15, 0.2) is 0 Å². The number of hydrogen-bond acceptors (Lipinski definition) is 6. The smallest absolute Gasteiger partial charge is 0.417 e. The summed E-state index contributed by atoms with van der Waals surface area (Å²) in [6.07, 6.45) is -1.95. The molecule has 0 saturated heterocycles. The number of ether oxygens (including phenoxy) is 1. The molecule has 0 radical (unpaired) electrons. The highest BCUT2D eigenvalue weighted by Gasteiger charge is 2.34. The first kappa shape index (κ1) is 20.6. The molecule has 1 aromatic carbocycles. The van der Waals surface area contributed by atoms with Gasteiger partial charge in [-0.05, 0) is 29.3 Å². The molecule has 29 heavy (non-hydrogen) atoms. The average Bonchev–Trinajstić information content (AvgIpc) is 2.67. The van der Waals surface area contributed by atoms with Gasteiger partial charge in [-0.15, -0.1) is 0 Å². The molecule has 152 valence electrons. The van der Waals surface area contributed by atoms with Gasteiger partial charge in [0.2, 0.25) is 5.88 Å². The first-order valence-corrected chi connectivity index (χ1v) is 9.63. The van der Waals surface area contributed by atoms with Gasteiger partial charge in [-0.25, -0.2) is 18.4 Å². The Morgan fingerprint density at radius 3 is 2.31 bits per heavy atom. The van der Waals surface area contributed by atoms with Crippen LogP contribution in [0.25, 0.3) is 22.3 Å². The van der Waals surface area contributed by atoms with Crippen LogP contribution in [0, 0.1) is 0 Å². The number of hydrogen-bond donors (Lipinski definition) is 2. The third-order valence-electron chi connectivity index (χ3n) is 4.19. The summed E-state index contributed by atoms with van der Waals surface area (Å²) < 4.78 is 67.6. The lowest BCUT2D eigenvalue weighted by Crippen LogP contribution is -2.08. The minimum absolute atomic E-state index is 0.0557. The van der Waals surface area contributed by atoms with E-state index in [1.54, 1.807) is 12.1 Å². The molecule has 3 aromatic rings. The summed E-state index contributed by atoms with van der Waals surface area (Å²) in [5, 5.41) is 0. The highest BCUT2D eigenvalue weighted by atomic mass is 32.2. The third-order valence-corrected chi connectivity index (χ3v) is 4.81. The first-order valence-electron chi connectivity index (χ1n) is 8.27. The second-order valence-corrected chi connectivity index (χ2v) is 7.10. The molecule has 10 heteroatoms. The molecular formula is C19H16F3N3O3S. The van der Waals surface area contributed by atoms with Gasteiger partial charge < -0.3 is 10.5 Å². The zero-order valence-electron chi connectivity index (χ0n) is 15.1. The van der Waals surface area contributed by atoms with Crippen molar-refractivity contribution < 1.29 is 26.3 Å². The number of anilines is 1. The Labute approximate surface area is 166 Å². The van der Waals surface area contributed by atoms with E-state index in [9.17, 15) is 21.6 Å². The van der Waals surface area contributed by atoms with Crippen LogP contribution in [0.5, 0.6) is 5.88 Å². The van der Waals surface area contributed by atoms with Crippen molar-refractivity contribution in [2.75, 3.05) is 12.8 Å². The van der Waals surface area contributed by atoms with Gasteiger partial charge in [0.1, 0.15) is 16.5 Å². The van der Waals surface area contributed by atoms with E-state index in [0.717, 1.165) is 6.07 Å². The molecular weight excluding hydrogens is 407 g/mol. The van der Waals surface area contributed by atoms with Crippen LogP contribution in [0.1, 0.15) is 11.1 Å². The predicted molar refractivity (Wildman–Crippen MR) is 103 cm³/mol. The van der Waals surface area contributed by atoms with E-state index in [4.69, 9.17) is 10.5 Å². The maximum absolute atomic E-state index is 13.6. The largest absolute Gasteiger partial charge is 0.481 e. The highest BCUT2D eigenvalue weighted by molar-refractivity contribution is 7.71. The number of nitrogens with two attached hydrogens (primary N) is 1. The number of rotatable bonds is 5. The molecule has 2 aromatic heterocycles. The van der Waals surface area contributed by atoms with Crippen molar-refractivity contribution in [2.45, 2.75) is 11.9 Å². The Balaban J connectivity index is 2.13. The predicted octanol–water partition coefficient (Wildman–Crippen LogP) is 3.53. The first-order chi connectivity index (χ1) is 13.7. The van der Waals surface area contributed by atoms with E-state index in [1.165, 1.54) is 37.7 Å². The van der Waals surface area contributed by atoms with Gasteiger partial charge in [0.25, 0.3) is 0 Å². The van der Waals surface area contributed by atoms with E-state index >= 15 is 0 Å². The van der Waals surface area contributed by atoms with Crippen molar-refractivity contribution in [3.8, 4) is 28.1 Å². The molecule has 0 unspecified atom stereocenters. The standard InChI is InChI=1S/C19H16F3N3O3S/c1-28-17-5-3-12(8-24-17)15-7-13(9-25-18(15)23)14-4-2-11(10-29(26)27)6-16(14)19(20,21)22/h2-9,29H,10H2,1H3,(H2,23,25). The molecule has 0 amide bonds. The van der Waals surface area contributed by atoms with Crippen molar-refractivity contribution >= 4 is 16.5 Å². The SMILES string of the molecule is COc1ccc(-c2cc(-c3ccc(C[SH](=O)=O)cc3C(F)(F)F)cnc2N)cn1. The second kappa shape index (κ2) is 8.08. The summed E-state index contributed by atoms with van der Waals surface area (Å²) in [5.74, 6) is 0.0406. The van der Waals surface area contributed by atoms with Crippen LogP contribution in [0.15, 0.2) is 48.8 Å². The number of nitrogens with zero attached hydrogens (tertiary/aromatic N) is 2. The van der Waals surface area contributed by atoms with Crippen LogP contribution in [0.2, 0.25) is 0 Å². The highest BCUT2D eigenvalue weighted by Crippen LogP contribution is 2.39. The molecule has 0 atom stereocenters. The Bertz CT molecular complexity index is 1110. The molecule has 0 aliphatic carbocycles. The van der Waals surface area contributed by atoms with Gasteiger partial charge in [-0.1, -0.05) is 12.1 Å². The number of halogens is 3. The molecule has 3 rings (SSSR count). The maximum Gasteiger partial charge on any atom is 0.417 e. The van der Waals surface area contributed by atoms with Crippen LogP contribution in [0.4, 0.5) is 19.0 Å². The van der Waals surface area contributed by atoms with Crippen molar-refractivity contribution in [1.82, 2.24) is 9.97 Å². The van der Waals surface area contributed by atoms with Gasteiger partial charge in [-0.3, -0.25) is 0 Å². The minimum Gasteiger partial charge on any atom is -0.481 e. The molecule has 0 saturated carbocycles. The van der Waals surface area contributed by atoms with Crippen LogP contribution in [-0.4, -0.2) is 25.5 Å². The molecule has 0 bridgehead atoms. The molecule has 0 fully saturated rings. The third kappa shape index (κ3) is 4.65. The number of alkyl halides is 3. The summed E-state index contributed by atoms with van der Waals surface area (Å²) in [7, 11) is -1.38. The monoisotopic (exact) mass is 423 g/mol. The summed E-state index contributed by atoms with van der Waals surface area (Å²) in [6.45, 7) is 0.